The average Bonchev–Trinajstić information content (AvgIpc) is 3.28. The molecule has 144 valence electrons. The molecule has 0 atom stereocenters. The highest BCUT2D eigenvalue weighted by Crippen LogP contribution is 2.18. The molecule has 1 fully saturated rings. The van der Waals surface area contributed by atoms with Crippen molar-refractivity contribution in [3.63, 3.8) is 0 Å². The number of nitrogens with one attached hydrogen (secondary N) is 1. The van der Waals surface area contributed by atoms with Crippen LogP contribution < -0.4 is 10.2 Å². The lowest BCUT2D eigenvalue weighted by Crippen LogP contribution is -2.49. The smallest absolute Gasteiger partial charge is 0.289 e. The number of aromatic nitrogens is 3. The number of piperazine rings is 1. The molecule has 4 rings (SSSR count). The summed E-state index contributed by atoms with van der Waals surface area (Å²) in [4.78, 5) is 20.7. The fourth-order valence-corrected chi connectivity index (χ4v) is 3.21. The molecule has 1 aliphatic rings. The molecular formula is C19H19ClN6O2. The van der Waals surface area contributed by atoms with Gasteiger partial charge < -0.3 is 19.5 Å². The van der Waals surface area contributed by atoms with Crippen LogP contribution in [-0.2, 0) is 6.54 Å². The topological polar surface area (TPSA) is 87.4 Å². The predicted molar refractivity (Wildman–Crippen MR) is 105 cm³/mol. The van der Waals surface area contributed by atoms with Crippen molar-refractivity contribution in [2.75, 3.05) is 36.4 Å². The van der Waals surface area contributed by atoms with Crippen LogP contribution in [0.25, 0.3) is 0 Å². The molecule has 0 bridgehead atoms. The van der Waals surface area contributed by atoms with E-state index in [1.807, 2.05) is 29.2 Å². The highest BCUT2D eigenvalue weighted by Gasteiger charge is 2.25. The van der Waals surface area contributed by atoms with Gasteiger partial charge in [0.2, 0.25) is 5.95 Å². The third-order valence-electron chi connectivity index (χ3n) is 4.55. The van der Waals surface area contributed by atoms with Gasteiger partial charge in [-0.3, -0.25) is 4.79 Å². The summed E-state index contributed by atoms with van der Waals surface area (Å²) in [5, 5.41) is 12.1. The van der Waals surface area contributed by atoms with E-state index in [1.54, 1.807) is 23.2 Å². The van der Waals surface area contributed by atoms with Gasteiger partial charge in [0.25, 0.3) is 5.91 Å². The molecule has 1 aromatic carbocycles. The first-order valence-electron chi connectivity index (χ1n) is 8.95. The highest BCUT2D eigenvalue weighted by molar-refractivity contribution is 6.31. The van der Waals surface area contributed by atoms with Crippen molar-refractivity contribution in [3.05, 3.63) is 65.2 Å². The Morgan fingerprint density at radius 3 is 2.71 bits per heavy atom. The van der Waals surface area contributed by atoms with Gasteiger partial charge in [-0.2, -0.15) is 10.1 Å². The van der Waals surface area contributed by atoms with E-state index < -0.39 is 0 Å². The van der Waals surface area contributed by atoms with E-state index in [4.69, 9.17) is 16.0 Å². The number of benzene rings is 1. The number of hydrogen-bond donors (Lipinski definition) is 1. The van der Waals surface area contributed by atoms with Gasteiger partial charge in [0.1, 0.15) is 0 Å². The van der Waals surface area contributed by atoms with Crippen LogP contribution in [0.1, 0.15) is 16.1 Å². The molecule has 1 saturated heterocycles. The average molecular weight is 399 g/mol. The van der Waals surface area contributed by atoms with Gasteiger partial charge in [-0.25, -0.2) is 0 Å². The monoisotopic (exact) mass is 398 g/mol. The van der Waals surface area contributed by atoms with Crippen molar-refractivity contribution in [3.8, 4) is 0 Å². The van der Waals surface area contributed by atoms with Gasteiger partial charge in [0, 0.05) is 37.7 Å². The molecule has 1 N–H and O–H groups in total. The number of amides is 1. The van der Waals surface area contributed by atoms with Crippen LogP contribution in [0.3, 0.4) is 0 Å². The Morgan fingerprint density at radius 1 is 1.14 bits per heavy atom. The number of nitrogens with zero attached hydrogens (tertiary/aromatic N) is 5. The van der Waals surface area contributed by atoms with E-state index in [1.165, 1.54) is 6.26 Å². The summed E-state index contributed by atoms with van der Waals surface area (Å²) in [6.07, 6.45) is 3.08. The Bertz CT molecular complexity index is 941. The number of furan rings is 1. The predicted octanol–water partition coefficient (Wildman–Crippen LogP) is 2.69. The summed E-state index contributed by atoms with van der Waals surface area (Å²) < 4.78 is 5.19. The second-order valence-electron chi connectivity index (χ2n) is 6.34. The fourth-order valence-electron chi connectivity index (χ4n) is 3.01. The van der Waals surface area contributed by atoms with Gasteiger partial charge in [-0.15, -0.1) is 5.10 Å². The van der Waals surface area contributed by atoms with Crippen LogP contribution in [-0.4, -0.2) is 52.2 Å². The Morgan fingerprint density at radius 2 is 1.96 bits per heavy atom. The van der Waals surface area contributed by atoms with Crippen LogP contribution >= 0.6 is 11.6 Å². The third-order valence-corrected chi connectivity index (χ3v) is 4.92. The summed E-state index contributed by atoms with van der Waals surface area (Å²) in [6.45, 7) is 2.94. The zero-order chi connectivity index (χ0) is 19.3. The molecule has 0 radical (unpaired) electrons. The molecule has 1 amide bonds. The Balaban J connectivity index is 1.36. The molecule has 0 aliphatic carbocycles. The molecule has 0 spiro atoms. The number of anilines is 2. The van der Waals surface area contributed by atoms with Gasteiger partial charge in [0.05, 0.1) is 12.5 Å². The fraction of sp³-hybridized carbons (Fsp3) is 0.263. The Labute approximate surface area is 167 Å². The molecule has 1 aliphatic heterocycles. The summed E-state index contributed by atoms with van der Waals surface area (Å²) in [6, 6.07) is 11.0. The number of hydrogen-bond acceptors (Lipinski definition) is 7. The van der Waals surface area contributed by atoms with Crippen LogP contribution in [0.5, 0.6) is 0 Å². The number of carbonyl (C=O) groups excluding carboxylic acids is 1. The molecule has 28 heavy (non-hydrogen) atoms. The second kappa shape index (κ2) is 8.26. The van der Waals surface area contributed by atoms with Gasteiger partial charge in [0.15, 0.2) is 11.6 Å². The normalized spacial score (nSPS) is 14.2. The maximum atomic E-state index is 12.4. The second-order valence-corrected chi connectivity index (χ2v) is 6.75. The summed E-state index contributed by atoms with van der Waals surface area (Å²) in [5.74, 6) is 1.42. The number of halogens is 1. The van der Waals surface area contributed by atoms with E-state index in [-0.39, 0.29) is 5.91 Å². The third kappa shape index (κ3) is 4.07. The molecular weight excluding hydrogens is 380 g/mol. The minimum Gasteiger partial charge on any atom is -0.459 e. The summed E-state index contributed by atoms with van der Waals surface area (Å²) in [5.41, 5.74) is 0.981. The molecule has 3 aromatic rings. The van der Waals surface area contributed by atoms with E-state index in [9.17, 15) is 4.79 Å². The first-order valence-corrected chi connectivity index (χ1v) is 9.33. The van der Waals surface area contributed by atoms with Crippen LogP contribution in [0.4, 0.5) is 11.8 Å². The van der Waals surface area contributed by atoms with Crippen molar-refractivity contribution >= 4 is 29.3 Å². The van der Waals surface area contributed by atoms with Crippen LogP contribution in [0.15, 0.2) is 53.3 Å². The van der Waals surface area contributed by atoms with Crippen molar-refractivity contribution in [1.29, 1.82) is 0 Å². The largest absolute Gasteiger partial charge is 0.459 e. The standard InChI is InChI=1S/C19H19ClN6O2/c20-15-5-2-1-4-14(15)12-21-17-13-22-24-19(23-17)26-9-7-25(8-10-26)18(27)16-6-3-11-28-16/h1-6,11,13H,7-10,12H2,(H,21,23,24). The van der Waals surface area contributed by atoms with Gasteiger partial charge in [-0.1, -0.05) is 29.8 Å². The maximum Gasteiger partial charge on any atom is 0.289 e. The van der Waals surface area contributed by atoms with Gasteiger partial charge in [-0.05, 0) is 23.8 Å². The van der Waals surface area contributed by atoms with E-state index in [2.05, 4.69) is 20.5 Å². The lowest BCUT2D eigenvalue weighted by atomic mass is 10.2. The minimum absolute atomic E-state index is 0.0983. The van der Waals surface area contributed by atoms with E-state index in [0.717, 1.165) is 5.56 Å². The van der Waals surface area contributed by atoms with Crippen molar-refractivity contribution in [2.45, 2.75) is 6.54 Å². The maximum absolute atomic E-state index is 12.4. The van der Waals surface area contributed by atoms with Gasteiger partial charge >= 0.3 is 0 Å². The molecule has 8 nitrogen and oxygen atoms in total. The Hall–Kier alpha value is -3.13. The lowest BCUT2D eigenvalue weighted by molar-refractivity contribution is 0.0714. The van der Waals surface area contributed by atoms with Crippen LogP contribution in [0, 0.1) is 0 Å². The van der Waals surface area contributed by atoms with Crippen LogP contribution in [0.2, 0.25) is 5.02 Å². The summed E-state index contributed by atoms with van der Waals surface area (Å²) >= 11 is 6.18. The first kappa shape index (κ1) is 18.2. The molecule has 0 unspecified atom stereocenters. The highest BCUT2D eigenvalue weighted by atomic mass is 35.5. The van der Waals surface area contributed by atoms with Crippen molar-refractivity contribution in [2.24, 2.45) is 0 Å². The zero-order valence-corrected chi connectivity index (χ0v) is 15.8. The molecule has 3 heterocycles. The zero-order valence-electron chi connectivity index (χ0n) is 15.1. The number of carbonyl (C=O) groups is 1. The first-order chi connectivity index (χ1) is 13.7. The summed E-state index contributed by atoms with van der Waals surface area (Å²) in [7, 11) is 0. The lowest BCUT2D eigenvalue weighted by Gasteiger charge is -2.34. The SMILES string of the molecule is O=C(c1ccco1)N1CCN(c2nncc(NCc3ccccc3Cl)n2)CC1. The molecule has 0 saturated carbocycles. The van der Waals surface area contributed by atoms with E-state index in [0.29, 0.717) is 55.3 Å². The minimum atomic E-state index is -0.0983. The van der Waals surface area contributed by atoms with E-state index >= 15 is 0 Å². The van der Waals surface area contributed by atoms with Crippen molar-refractivity contribution < 1.29 is 9.21 Å². The molecule has 2 aromatic heterocycles. The number of rotatable bonds is 5. The quantitative estimate of drug-likeness (QED) is 0.706. The molecule has 9 heteroatoms. The Kier molecular flexibility index (Phi) is 5.38. The van der Waals surface area contributed by atoms with Crippen molar-refractivity contribution in [1.82, 2.24) is 20.1 Å².